The van der Waals surface area contributed by atoms with Gasteiger partial charge in [-0.1, -0.05) is 96.2 Å². The number of nitrogens with one attached hydrogen (secondary N) is 1. The molecule has 0 atom stereocenters. The summed E-state index contributed by atoms with van der Waals surface area (Å²) in [7, 11) is 1.75. The highest BCUT2D eigenvalue weighted by Gasteiger charge is 2.17. The average molecular weight is 532 g/mol. The average Bonchev–Trinajstić information content (AvgIpc) is 2.91. The lowest BCUT2D eigenvalue weighted by Crippen LogP contribution is -2.29. The first kappa shape index (κ1) is 26.7. The maximum atomic E-state index is 13.0. The lowest BCUT2D eigenvalue weighted by Gasteiger charge is -2.20. The fourth-order valence-corrected chi connectivity index (χ4v) is 5.36. The smallest absolute Gasteiger partial charge is 0.257 e. The van der Waals surface area contributed by atoms with Crippen molar-refractivity contribution in [3.05, 3.63) is 128 Å². The molecule has 0 aliphatic rings. The van der Waals surface area contributed by atoms with E-state index in [9.17, 15) is 9.59 Å². The van der Waals surface area contributed by atoms with Crippen LogP contribution in [-0.4, -0.2) is 21.2 Å². The number of carbonyl (C=O) groups excluding carboxylic acids is 1. The van der Waals surface area contributed by atoms with Crippen LogP contribution < -0.4 is 10.9 Å². The molecule has 0 saturated heterocycles. The van der Waals surface area contributed by atoms with Crippen LogP contribution in [0.25, 0.3) is 0 Å². The molecule has 0 spiro atoms. The zero-order valence-corrected chi connectivity index (χ0v) is 22.6. The Bertz CT molecular complexity index is 1370. The molecule has 5 nitrogen and oxygen atoms in total. The molecule has 1 N–H and O–H groups in total. The lowest BCUT2D eigenvalue weighted by molar-refractivity contribution is -0.121. The Morgan fingerprint density at radius 1 is 1.00 bits per heavy atom. The summed E-state index contributed by atoms with van der Waals surface area (Å²) >= 11 is 7.60. The molecule has 0 aliphatic carbocycles. The molecule has 7 heteroatoms. The number of aromatic nitrogens is 2. The maximum Gasteiger partial charge on any atom is 0.257 e. The van der Waals surface area contributed by atoms with Crippen molar-refractivity contribution in [2.24, 2.45) is 7.05 Å². The van der Waals surface area contributed by atoms with E-state index in [0.29, 0.717) is 40.8 Å². The molecule has 1 amide bonds. The molecule has 4 aromatic rings. The summed E-state index contributed by atoms with van der Waals surface area (Å²) < 4.78 is 1.60. The van der Waals surface area contributed by atoms with Crippen LogP contribution in [0.15, 0.2) is 94.9 Å². The molecule has 0 unspecified atom stereocenters. The summed E-state index contributed by atoms with van der Waals surface area (Å²) in [5, 5.41) is 4.49. The maximum absolute atomic E-state index is 13.0. The van der Waals surface area contributed by atoms with E-state index in [4.69, 9.17) is 11.6 Å². The van der Waals surface area contributed by atoms with Crippen molar-refractivity contribution < 1.29 is 4.79 Å². The molecule has 3 aromatic carbocycles. The van der Waals surface area contributed by atoms with Gasteiger partial charge in [0.25, 0.3) is 5.56 Å². The number of aryl methyl sites for hydroxylation is 1. The van der Waals surface area contributed by atoms with Crippen molar-refractivity contribution in [2.45, 2.75) is 37.4 Å². The van der Waals surface area contributed by atoms with Crippen LogP contribution in [0.4, 0.5) is 0 Å². The minimum Gasteiger partial charge on any atom is -0.345 e. The van der Waals surface area contributed by atoms with E-state index in [1.54, 1.807) is 11.6 Å². The predicted molar refractivity (Wildman–Crippen MR) is 151 cm³/mol. The molecule has 0 aliphatic heterocycles. The molecule has 0 fully saturated rings. The third-order valence-corrected chi connectivity index (χ3v) is 7.52. The first-order valence-electron chi connectivity index (χ1n) is 12.3. The van der Waals surface area contributed by atoms with Crippen LogP contribution in [0.3, 0.4) is 0 Å². The van der Waals surface area contributed by atoms with Gasteiger partial charge in [-0.15, -0.1) is 0 Å². The Kier molecular flexibility index (Phi) is 9.20. The van der Waals surface area contributed by atoms with Gasteiger partial charge in [-0.2, -0.15) is 0 Å². The van der Waals surface area contributed by atoms with Crippen LogP contribution in [-0.2, 0) is 18.3 Å². The number of halogens is 1. The fourth-order valence-electron chi connectivity index (χ4n) is 4.19. The zero-order valence-electron chi connectivity index (χ0n) is 21.0. The predicted octanol–water partition coefficient (Wildman–Crippen LogP) is 6.11. The number of carbonyl (C=O) groups is 1. The lowest BCUT2D eigenvalue weighted by atomic mass is 9.98. The van der Waals surface area contributed by atoms with E-state index < -0.39 is 0 Å². The van der Waals surface area contributed by atoms with Gasteiger partial charge in [0.2, 0.25) is 5.91 Å². The Balaban J connectivity index is 1.35. The molecule has 1 aromatic heterocycles. The number of nitrogens with zero attached hydrogens (tertiary/aromatic N) is 2. The van der Waals surface area contributed by atoms with E-state index in [-0.39, 0.29) is 17.5 Å². The third kappa shape index (κ3) is 7.12. The van der Waals surface area contributed by atoms with Crippen molar-refractivity contribution in [3.63, 3.8) is 0 Å². The van der Waals surface area contributed by atoms with Gasteiger partial charge in [0.05, 0.1) is 6.04 Å². The number of hydrogen-bond acceptors (Lipinski definition) is 4. The van der Waals surface area contributed by atoms with E-state index in [0.717, 1.165) is 22.4 Å². The molecular weight excluding hydrogens is 502 g/mol. The van der Waals surface area contributed by atoms with Crippen molar-refractivity contribution in [1.29, 1.82) is 0 Å². The van der Waals surface area contributed by atoms with Crippen LogP contribution in [0, 0.1) is 6.92 Å². The first-order valence-corrected chi connectivity index (χ1v) is 13.6. The zero-order chi connectivity index (χ0) is 26.2. The standard InChI is InChI=1S/C30H30ClN3O2S/c1-21-26(20-22-11-9-16-25(31)19-22)29(36)34(2)30(32-21)37-18-10-17-27(35)33-28(23-12-5-3-6-13-23)24-14-7-4-8-15-24/h3-9,11-16,19,28H,10,17-18,20H2,1-2H3,(H,33,35). The topological polar surface area (TPSA) is 64.0 Å². The van der Waals surface area contributed by atoms with Crippen molar-refractivity contribution >= 4 is 29.3 Å². The van der Waals surface area contributed by atoms with Gasteiger partial charge in [0.15, 0.2) is 5.16 Å². The summed E-state index contributed by atoms with van der Waals surface area (Å²) in [6.07, 6.45) is 1.55. The van der Waals surface area contributed by atoms with Gasteiger partial charge in [-0.3, -0.25) is 14.2 Å². The second-order valence-electron chi connectivity index (χ2n) is 8.90. The van der Waals surface area contributed by atoms with Gasteiger partial charge in [-0.25, -0.2) is 4.98 Å². The largest absolute Gasteiger partial charge is 0.345 e. The highest BCUT2D eigenvalue weighted by molar-refractivity contribution is 7.99. The van der Waals surface area contributed by atoms with Crippen molar-refractivity contribution in [3.8, 4) is 0 Å². The number of hydrogen-bond donors (Lipinski definition) is 1. The highest BCUT2D eigenvalue weighted by Crippen LogP contribution is 2.23. The van der Waals surface area contributed by atoms with Gasteiger partial charge in [-0.05, 0) is 42.2 Å². The summed E-state index contributed by atoms with van der Waals surface area (Å²) in [4.78, 5) is 30.6. The van der Waals surface area contributed by atoms with Gasteiger partial charge >= 0.3 is 0 Å². The quantitative estimate of drug-likeness (QED) is 0.152. The first-order chi connectivity index (χ1) is 17.9. The minimum atomic E-state index is -0.195. The summed E-state index contributed by atoms with van der Waals surface area (Å²) in [6, 6.07) is 27.3. The fraction of sp³-hybridized carbons (Fsp3) is 0.233. The van der Waals surface area contributed by atoms with E-state index in [2.05, 4.69) is 10.3 Å². The van der Waals surface area contributed by atoms with Crippen molar-refractivity contribution in [1.82, 2.24) is 14.9 Å². The van der Waals surface area contributed by atoms with E-state index in [1.807, 2.05) is 91.9 Å². The Morgan fingerprint density at radius 2 is 1.65 bits per heavy atom. The Morgan fingerprint density at radius 3 is 2.27 bits per heavy atom. The normalized spacial score (nSPS) is 11.0. The van der Waals surface area contributed by atoms with Gasteiger partial charge in [0.1, 0.15) is 0 Å². The van der Waals surface area contributed by atoms with Gasteiger partial charge in [0, 0.05) is 41.9 Å². The molecule has 4 rings (SSSR count). The number of benzene rings is 3. The number of rotatable bonds is 10. The monoisotopic (exact) mass is 531 g/mol. The third-order valence-electron chi connectivity index (χ3n) is 6.17. The van der Waals surface area contributed by atoms with Gasteiger partial charge < -0.3 is 5.32 Å². The van der Waals surface area contributed by atoms with Crippen molar-refractivity contribution in [2.75, 3.05) is 5.75 Å². The summed E-state index contributed by atoms with van der Waals surface area (Å²) in [5.41, 5.74) is 4.40. The molecule has 37 heavy (non-hydrogen) atoms. The Hall–Kier alpha value is -3.35. The molecule has 0 bridgehead atoms. The number of thioether (sulfide) groups is 1. The SMILES string of the molecule is Cc1nc(SCCCC(=O)NC(c2ccccc2)c2ccccc2)n(C)c(=O)c1Cc1cccc(Cl)c1. The summed E-state index contributed by atoms with van der Waals surface area (Å²) in [5.74, 6) is 0.676. The van der Waals surface area contributed by atoms with E-state index >= 15 is 0 Å². The molecule has 0 saturated carbocycles. The molecule has 190 valence electrons. The Labute approximate surface area is 226 Å². The number of amides is 1. The van der Waals surface area contributed by atoms with Crippen LogP contribution in [0.2, 0.25) is 5.02 Å². The van der Waals surface area contributed by atoms with E-state index in [1.165, 1.54) is 11.8 Å². The minimum absolute atomic E-state index is 0.00629. The molecule has 0 radical (unpaired) electrons. The second kappa shape index (κ2) is 12.7. The second-order valence-corrected chi connectivity index (χ2v) is 10.4. The molecular formula is C30H30ClN3O2S. The van der Waals surface area contributed by atoms with Crippen LogP contribution in [0.5, 0.6) is 0 Å². The van der Waals surface area contributed by atoms with Crippen LogP contribution >= 0.6 is 23.4 Å². The highest BCUT2D eigenvalue weighted by atomic mass is 35.5. The van der Waals surface area contributed by atoms with Crippen LogP contribution in [0.1, 0.15) is 46.8 Å². The molecule has 1 heterocycles. The summed E-state index contributed by atoms with van der Waals surface area (Å²) in [6.45, 7) is 1.87.